The lowest BCUT2D eigenvalue weighted by atomic mass is 10.2. The van der Waals surface area contributed by atoms with Crippen molar-refractivity contribution in [1.82, 2.24) is 5.32 Å². The van der Waals surface area contributed by atoms with Crippen LogP contribution in [-0.4, -0.2) is 54.5 Å². The van der Waals surface area contributed by atoms with Crippen molar-refractivity contribution >= 4 is 23.4 Å². The molecule has 0 saturated carbocycles. The van der Waals surface area contributed by atoms with Crippen molar-refractivity contribution in [3.05, 3.63) is 34.9 Å². The number of ether oxygens (including phenoxy) is 1. The maximum absolute atomic E-state index is 11.8. The lowest BCUT2D eigenvalue weighted by Crippen LogP contribution is -2.59. The summed E-state index contributed by atoms with van der Waals surface area (Å²) in [5, 5.41) is 13.3. The van der Waals surface area contributed by atoms with Crippen LogP contribution < -0.4 is 5.32 Å². The molecule has 1 aliphatic heterocycles. The Morgan fingerprint density at radius 2 is 2.10 bits per heavy atom. The average Bonchev–Trinajstić information content (AvgIpc) is 2.43. The summed E-state index contributed by atoms with van der Waals surface area (Å²) in [5.74, 6) is -0.661. The molecule has 1 fully saturated rings. The SMILES string of the molecule is O=C(NCC[N+]1(O)CCOCC1=O)c1ccc(Cl)cc1. The topological polar surface area (TPSA) is 75.6 Å². The number of rotatable bonds is 4. The second kappa shape index (κ2) is 6.32. The summed E-state index contributed by atoms with van der Waals surface area (Å²) in [6.45, 7) is 0.760. The van der Waals surface area contributed by atoms with E-state index in [-0.39, 0.29) is 32.1 Å². The van der Waals surface area contributed by atoms with Gasteiger partial charge in [0.05, 0.1) is 6.54 Å². The van der Waals surface area contributed by atoms with E-state index in [2.05, 4.69) is 5.32 Å². The highest BCUT2D eigenvalue weighted by Crippen LogP contribution is 2.10. The van der Waals surface area contributed by atoms with Gasteiger partial charge in [0.2, 0.25) is 0 Å². The molecule has 1 aromatic carbocycles. The number of hydrogen-bond donors (Lipinski definition) is 2. The third-order valence-corrected chi connectivity index (χ3v) is 3.42. The van der Waals surface area contributed by atoms with E-state index in [1.54, 1.807) is 24.3 Å². The van der Waals surface area contributed by atoms with Crippen molar-refractivity contribution in [1.29, 1.82) is 0 Å². The van der Waals surface area contributed by atoms with E-state index in [1.807, 2.05) is 0 Å². The van der Waals surface area contributed by atoms with Gasteiger partial charge in [-0.2, -0.15) is 0 Å². The molecular weight excluding hydrogens is 284 g/mol. The van der Waals surface area contributed by atoms with E-state index in [4.69, 9.17) is 16.3 Å². The van der Waals surface area contributed by atoms with E-state index < -0.39 is 10.6 Å². The van der Waals surface area contributed by atoms with Crippen molar-refractivity contribution < 1.29 is 24.2 Å². The van der Waals surface area contributed by atoms with Gasteiger partial charge in [-0.25, -0.2) is 10.0 Å². The zero-order valence-corrected chi connectivity index (χ0v) is 11.6. The summed E-state index contributed by atoms with van der Waals surface area (Å²) in [5.41, 5.74) is 0.479. The molecule has 0 aromatic heterocycles. The van der Waals surface area contributed by atoms with Crippen LogP contribution >= 0.6 is 11.6 Å². The van der Waals surface area contributed by atoms with Crippen molar-refractivity contribution in [3.8, 4) is 0 Å². The predicted molar refractivity (Wildman–Crippen MR) is 71.4 cm³/mol. The second-order valence-electron chi connectivity index (χ2n) is 4.58. The highest BCUT2D eigenvalue weighted by Gasteiger charge is 2.38. The number of benzene rings is 1. The zero-order chi connectivity index (χ0) is 14.6. The maximum Gasteiger partial charge on any atom is 0.371 e. The fourth-order valence-corrected chi connectivity index (χ4v) is 2.04. The van der Waals surface area contributed by atoms with Crippen LogP contribution in [0.5, 0.6) is 0 Å². The van der Waals surface area contributed by atoms with Gasteiger partial charge >= 0.3 is 5.91 Å². The first kappa shape index (κ1) is 14.9. The molecule has 0 radical (unpaired) electrons. The average molecular weight is 300 g/mol. The Balaban J connectivity index is 1.84. The quantitative estimate of drug-likeness (QED) is 0.638. The van der Waals surface area contributed by atoms with Crippen LogP contribution in [0.15, 0.2) is 24.3 Å². The number of quaternary nitrogens is 1. The number of halogens is 1. The van der Waals surface area contributed by atoms with Crippen LogP contribution in [0.3, 0.4) is 0 Å². The van der Waals surface area contributed by atoms with Gasteiger partial charge in [-0.1, -0.05) is 11.6 Å². The number of carbonyl (C=O) groups excluding carboxylic acids is 2. The van der Waals surface area contributed by atoms with E-state index in [0.29, 0.717) is 17.2 Å². The number of morpholine rings is 1. The molecule has 0 bridgehead atoms. The molecule has 1 heterocycles. The van der Waals surface area contributed by atoms with Gasteiger partial charge in [0.25, 0.3) is 5.91 Å². The van der Waals surface area contributed by atoms with Crippen molar-refractivity contribution in [2.75, 3.05) is 32.8 Å². The molecule has 6 nitrogen and oxygen atoms in total. The van der Waals surface area contributed by atoms with Crippen LogP contribution in [0, 0.1) is 0 Å². The highest BCUT2D eigenvalue weighted by molar-refractivity contribution is 6.30. The summed E-state index contributed by atoms with van der Waals surface area (Å²) in [6, 6.07) is 6.48. The number of hydrogen-bond acceptors (Lipinski definition) is 4. The molecule has 7 heteroatoms. The Morgan fingerprint density at radius 3 is 2.75 bits per heavy atom. The minimum atomic E-state index is -0.694. The molecule has 1 aliphatic rings. The maximum atomic E-state index is 11.8. The van der Waals surface area contributed by atoms with E-state index in [1.165, 1.54) is 0 Å². The summed E-state index contributed by atoms with van der Waals surface area (Å²) in [4.78, 5) is 23.4. The Bertz CT molecular complexity index is 506. The van der Waals surface area contributed by atoms with Crippen molar-refractivity contribution in [2.24, 2.45) is 0 Å². The first-order chi connectivity index (χ1) is 9.51. The Kier molecular flexibility index (Phi) is 4.72. The molecular formula is C13H16ClN2O4+. The molecule has 1 unspecified atom stereocenters. The van der Waals surface area contributed by atoms with Gasteiger partial charge in [-0.3, -0.25) is 4.79 Å². The third kappa shape index (κ3) is 3.55. The molecule has 2 rings (SSSR count). The smallest absolute Gasteiger partial charge is 0.361 e. The molecule has 20 heavy (non-hydrogen) atoms. The number of carbonyl (C=O) groups is 2. The normalized spacial score (nSPS) is 22.6. The molecule has 2 N–H and O–H groups in total. The van der Waals surface area contributed by atoms with Crippen LogP contribution in [0.1, 0.15) is 10.4 Å². The van der Waals surface area contributed by atoms with Crippen molar-refractivity contribution in [2.45, 2.75) is 0 Å². The molecule has 1 aromatic rings. The summed E-state index contributed by atoms with van der Waals surface area (Å²) >= 11 is 5.74. The van der Waals surface area contributed by atoms with Gasteiger partial charge in [-0.05, 0) is 24.3 Å². The Hall–Kier alpha value is -1.47. The Morgan fingerprint density at radius 1 is 1.40 bits per heavy atom. The molecule has 0 aliphatic carbocycles. The lowest BCUT2D eigenvalue weighted by molar-refractivity contribution is -1.04. The summed E-state index contributed by atoms with van der Waals surface area (Å²) in [7, 11) is 0. The first-order valence-electron chi connectivity index (χ1n) is 6.26. The number of nitrogens with one attached hydrogen (secondary N) is 1. The van der Waals surface area contributed by atoms with Gasteiger partial charge in [0.15, 0.2) is 6.61 Å². The second-order valence-corrected chi connectivity index (χ2v) is 5.02. The van der Waals surface area contributed by atoms with Crippen molar-refractivity contribution in [3.63, 3.8) is 0 Å². The third-order valence-electron chi connectivity index (χ3n) is 3.17. The van der Waals surface area contributed by atoms with Crippen LogP contribution in [0.25, 0.3) is 0 Å². The van der Waals surface area contributed by atoms with Crippen LogP contribution in [0.2, 0.25) is 5.02 Å². The fourth-order valence-electron chi connectivity index (χ4n) is 1.91. The highest BCUT2D eigenvalue weighted by atomic mass is 35.5. The minimum Gasteiger partial charge on any atom is -0.361 e. The number of hydroxylamine groups is 3. The monoisotopic (exact) mass is 299 g/mol. The molecule has 0 spiro atoms. The molecule has 1 atom stereocenters. The van der Waals surface area contributed by atoms with Gasteiger partial charge < -0.3 is 10.1 Å². The van der Waals surface area contributed by atoms with Gasteiger partial charge in [-0.15, -0.1) is 4.65 Å². The lowest BCUT2D eigenvalue weighted by Gasteiger charge is -2.30. The molecule has 108 valence electrons. The van der Waals surface area contributed by atoms with E-state index >= 15 is 0 Å². The first-order valence-corrected chi connectivity index (χ1v) is 6.64. The molecule has 2 amide bonds. The number of nitrogens with zero attached hydrogens (tertiary/aromatic N) is 1. The fraction of sp³-hybridized carbons (Fsp3) is 0.385. The van der Waals surface area contributed by atoms with Gasteiger partial charge in [0.1, 0.15) is 19.7 Å². The van der Waals surface area contributed by atoms with Crippen LogP contribution in [-0.2, 0) is 9.53 Å². The minimum absolute atomic E-state index is 0.0956. The summed E-state index contributed by atoms with van der Waals surface area (Å²) < 4.78 is 4.27. The Labute approximate surface area is 121 Å². The predicted octanol–water partition coefficient (Wildman–Crippen LogP) is 0.833. The zero-order valence-electron chi connectivity index (χ0n) is 10.8. The van der Waals surface area contributed by atoms with E-state index in [9.17, 15) is 14.8 Å². The molecule has 1 saturated heterocycles. The van der Waals surface area contributed by atoms with Gasteiger partial charge in [0, 0.05) is 10.6 Å². The standard InChI is InChI=1S/C13H15ClN2O4/c14-11-3-1-10(2-4-11)13(18)15-5-6-16(19)7-8-20-9-12(16)17/h1-4,19H,5-9H2/p+1. The van der Waals surface area contributed by atoms with Crippen LogP contribution in [0.4, 0.5) is 0 Å². The van der Waals surface area contributed by atoms with E-state index in [0.717, 1.165) is 0 Å². The number of amides is 2. The summed E-state index contributed by atoms with van der Waals surface area (Å²) in [6.07, 6.45) is 0. The largest absolute Gasteiger partial charge is 0.371 e.